The normalized spacial score (nSPS) is 13.3. The van der Waals surface area contributed by atoms with Gasteiger partial charge in [0.25, 0.3) is 0 Å². The van der Waals surface area contributed by atoms with Crippen LogP contribution < -0.4 is 0 Å². The van der Waals surface area contributed by atoms with E-state index in [1.165, 1.54) is 17.8 Å². The second-order valence-electron chi connectivity index (χ2n) is 5.80. The highest BCUT2D eigenvalue weighted by Crippen LogP contribution is 2.41. The fraction of sp³-hybridized carbons (Fsp3) is 0.211. The molecule has 23 heavy (non-hydrogen) atoms. The van der Waals surface area contributed by atoms with Gasteiger partial charge in [-0.05, 0) is 42.7 Å². The molecule has 0 saturated heterocycles. The first-order chi connectivity index (χ1) is 11.3. The molecule has 0 saturated carbocycles. The second kappa shape index (κ2) is 5.63. The smallest absolute Gasteiger partial charge is 0.123 e. The summed E-state index contributed by atoms with van der Waals surface area (Å²) in [6, 6.07) is 10.5. The Labute approximate surface area is 134 Å². The Kier molecular flexibility index (Phi) is 3.46. The summed E-state index contributed by atoms with van der Waals surface area (Å²) < 4.78 is 15.6. The lowest BCUT2D eigenvalue weighted by atomic mass is 9.96. The number of aliphatic hydroxyl groups excluding tert-OH is 1. The minimum Gasteiger partial charge on any atom is -0.392 e. The number of halogens is 1. The molecule has 3 nitrogen and oxygen atoms in total. The summed E-state index contributed by atoms with van der Waals surface area (Å²) >= 11 is 0. The van der Waals surface area contributed by atoms with Crippen LogP contribution >= 0.6 is 0 Å². The molecule has 3 heterocycles. The number of fused-ring (bicyclic) bond motifs is 1. The Hall–Kier alpha value is -2.46. The molecule has 1 aliphatic rings. The molecule has 0 aliphatic carbocycles. The van der Waals surface area contributed by atoms with Crippen LogP contribution in [0.5, 0.6) is 0 Å². The van der Waals surface area contributed by atoms with E-state index >= 15 is 0 Å². The summed E-state index contributed by atoms with van der Waals surface area (Å²) in [5, 5.41) is 9.96. The first kappa shape index (κ1) is 14.2. The van der Waals surface area contributed by atoms with Crippen molar-refractivity contribution in [1.82, 2.24) is 9.55 Å². The highest BCUT2D eigenvalue weighted by molar-refractivity contribution is 5.85. The molecule has 0 fully saturated rings. The summed E-state index contributed by atoms with van der Waals surface area (Å²) in [6.07, 6.45) is 5.61. The molecule has 0 spiro atoms. The third kappa shape index (κ3) is 2.26. The molecule has 1 N–H and O–H groups in total. The summed E-state index contributed by atoms with van der Waals surface area (Å²) in [7, 11) is 0. The van der Waals surface area contributed by atoms with Gasteiger partial charge in [0.1, 0.15) is 5.82 Å². The lowest BCUT2D eigenvalue weighted by Crippen LogP contribution is -1.96. The Bertz CT molecular complexity index is 838. The zero-order valence-electron chi connectivity index (χ0n) is 12.7. The Morgan fingerprint density at radius 2 is 1.78 bits per heavy atom. The van der Waals surface area contributed by atoms with Crippen LogP contribution in [0, 0.1) is 5.82 Å². The van der Waals surface area contributed by atoms with Gasteiger partial charge in [-0.3, -0.25) is 4.98 Å². The number of aromatic nitrogens is 2. The molecular weight excluding hydrogens is 291 g/mol. The Morgan fingerprint density at radius 1 is 1.04 bits per heavy atom. The van der Waals surface area contributed by atoms with E-state index in [9.17, 15) is 9.50 Å². The molecule has 0 unspecified atom stereocenters. The summed E-state index contributed by atoms with van der Waals surface area (Å²) in [5.41, 5.74) is 6.26. The highest BCUT2D eigenvalue weighted by Gasteiger charge is 2.26. The largest absolute Gasteiger partial charge is 0.392 e. The van der Waals surface area contributed by atoms with Crippen molar-refractivity contribution in [3.8, 4) is 22.4 Å². The predicted octanol–water partition coefficient (Wildman–Crippen LogP) is 3.79. The molecule has 0 atom stereocenters. The van der Waals surface area contributed by atoms with E-state index in [2.05, 4.69) is 9.55 Å². The number of nitrogens with zero attached hydrogens (tertiary/aromatic N) is 2. The van der Waals surface area contributed by atoms with Gasteiger partial charge in [-0.1, -0.05) is 12.1 Å². The molecule has 0 radical (unpaired) electrons. The van der Waals surface area contributed by atoms with Gasteiger partial charge in [0.2, 0.25) is 0 Å². The van der Waals surface area contributed by atoms with Gasteiger partial charge in [-0.15, -0.1) is 0 Å². The third-order valence-corrected chi connectivity index (χ3v) is 4.52. The number of hydrogen-bond donors (Lipinski definition) is 1. The zero-order valence-corrected chi connectivity index (χ0v) is 12.7. The molecule has 116 valence electrons. The minimum atomic E-state index is -0.253. The van der Waals surface area contributed by atoms with E-state index in [1.807, 2.05) is 12.1 Å². The Balaban J connectivity index is 2.02. The van der Waals surface area contributed by atoms with Gasteiger partial charge in [-0.25, -0.2) is 4.39 Å². The maximum Gasteiger partial charge on any atom is 0.123 e. The average Bonchev–Trinajstić information content (AvgIpc) is 3.16. The molecule has 0 amide bonds. The Morgan fingerprint density at radius 3 is 2.48 bits per heavy atom. The van der Waals surface area contributed by atoms with Gasteiger partial charge in [0.15, 0.2) is 0 Å². The summed E-state index contributed by atoms with van der Waals surface area (Å²) in [6.45, 7) is 0.939. The standard InChI is InChI=1S/C19H17FN2O/c20-15-5-3-13(4-6-15)18-16(12-23)17-2-1-11-22(17)19(18)14-7-9-21-10-8-14/h3-10,23H,1-2,11-12H2. The first-order valence-corrected chi connectivity index (χ1v) is 7.81. The third-order valence-electron chi connectivity index (χ3n) is 4.52. The van der Waals surface area contributed by atoms with Crippen molar-refractivity contribution < 1.29 is 9.50 Å². The van der Waals surface area contributed by atoms with Crippen molar-refractivity contribution in [2.75, 3.05) is 0 Å². The van der Waals surface area contributed by atoms with Crippen LogP contribution in [-0.4, -0.2) is 14.7 Å². The van der Waals surface area contributed by atoms with Crippen molar-refractivity contribution >= 4 is 0 Å². The monoisotopic (exact) mass is 308 g/mol. The predicted molar refractivity (Wildman–Crippen MR) is 87.3 cm³/mol. The van der Waals surface area contributed by atoms with Crippen molar-refractivity contribution in [1.29, 1.82) is 0 Å². The van der Waals surface area contributed by atoms with Gasteiger partial charge < -0.3 is 9.67 Å². The molecule has 1 aliphatic heterocycles. The molecule has 3 aromatic rings. The van der Waals surface area contributed by atoms with Crippen molar-refractivity contribution in [2.45, 2.75) is 26.0 Å². The summed E-state index contributed by atoms with van der Waals surface area (Å²) in [4.78, 5) is 4.10. The highest BCUT2D eigenvalue weighted by atomic mass is 19.1. The maximum absolute atomic E-state index is 13.3. The second-order valence-corrected chi connectivity index (χ2v) is 5.80. The molecule has 4 rings (SSSR count). The fourth-order valence-corrected chi connectivity index (χ4v) is 3.57. The lowest BCUT2D eigenvalue weighted by molar-refractivity contribution is 0.281. The fourth-order valence-electron chi connectivity index (χ4n) is 3.57. The number of hydrogen-bond acceptors (Lipinski definition) is 2. The van der Waals surface area contributed by atoms with E-state index in [1.54, 1.807) is 24.5 Å². The number of aliphatic hydroxyl groups is 1. The van der Waals surface area contributed by atoms with E-state index in [4.69, 9.17) is 0 Å². The van der Waals surface area contributed by atoms with Crippen LogP contribution in [0.25, 0.3) is 22.4 Å². The van der Waals surface area contributed by atoms with Crippen LogP contribution in [0.3, 0.4) is 0 Å². The molecule has 2 aromatic heterocycles. The average molecular weight is 308 g/mol. The molecule has 4 heteroatoms. The van der Waals surface area contributed by atoms with E-state index in [0.29, 0.717) is 0 Å². The van der Waals surface area contributed by atoms with Crippen molar-refractivity contribution in [3.05, 3.63) is 65.9 Å². The SMILES string of the molecule is OCc1c(-c2ccc(F)cc2)c(-c2ccncc2)n2c1CCC2. The van der Waals surface area contributed by atoms with Crippen molar-refractivity contribution in [2.24, 2.45) is 0 Å². The van der Waals surface area contributed by atoms with E-state index in [0.717, 1.165) is 47.3 Å². The van der Waals surface area contributed by atoms with E-state index in [-0.39, 0.29) is 12.4 Å². The van der Waals surface area contributed by atoms with Crippen LogP contribution in [0.4, 0.5) is 4.39 Å². The van der Waals surface area contributed by atoms with Crippen LogP contribution in [0.1, 0.15) is 17.7 Å². The van der Waals surface area contributed by atoms with E-state index < -0.39 is 0 Å². The van der Waals surface area contributed by atoms with Crippen LogP contribution in [-0.2, 0) is 19.6 Å². The first-order valence-electron chi connectivity index (χ1n) is 7.81. The summed E-state index contributed by atoms with van der Waals surface area (Å²) in [5.74, 6) is -0.253. The number of pyridine rings is 1. The maximum atomic E-state index is 13.3. The van der Waals surface area contributed by atoms with Gasteiger partial charge in [-0.2, -0.15) is 0 Å². The molecule has 0 bridgehead atoms. The quantitative estimate of drug-likeness (QED) is 0.799. The molecular formula is C19H17FN2O. The topological polar surface area (TPSA) is 38.1 Å². The van der Waals surface area contributed by atoms with Crippen molar-refractivity contribution in [3.63, 3.8) is 0 Å². The zero-order chi connectivity index (χ0) is 15.8. The lowest BCUT2D eigenvalue weighted by Gasteiger charge is -2.11. The van der Waals surface area contributed by atoms with Gasteiger partial charge in [0.05, 0.1) is 12.3 Å². The van der Waals surface area contributed by atoms with Crippen LogP contribution in [0.2, 0.25) is 0 Å². The molecule has 1 aromatic carbocycles. The number of benzene rings is 1. The minimum absolute atomic E-state index is 0.00682. The number of rotatable bonds is 3. The van der Waals surface area contributed by atoms with Crippen LogP contribution in [0.15, 0.2) is 48.8 Å². The van der Waals surface area contributed by atoms with Gasteiger partial charge >= 0.3 is 0 Å². The van der Waals surface area contributed by atoms with Gasteiger partial charge in [0, 0.05) is 41.3 Å².